The van der Waals surface area contributed by atoms with Crippen LogP contribution in [0.4, 0.5) is 5.69 Å². The number of sulfonamides is 1. The summed E-state index contributed by atoms with van der Waals surface area (Å²) in [6, 6.07) is 10.2. The molecule has 2 heterocycles. The van der Waals surface area contributed by atoms with Gasteiger partial charge in [0.2, 0.25) is 10.0 Å². The molecule has 1 saturated heterocycles. The summed E-state index contributed by atoms with van der Waals surface area (Å²) >= 11 is 0. The summed E-state index contributed by atoms with van der Waals surface area (Å²) in [6.45, 7) is 1.36. The molecule has 0 amide bonds. The number of hydrogen-bond donors (Lipinski definition) is 0. The van der Waals surface area contributed by atoms with Gasteiger partial charge >= 0.3 is 0 Å². The molecule has 27 heavy (non-hydrogen) atoms. The average Bonchev–Trinajstić information content (AvgIpc) is 3.18. The second-order valence-electron chi connectivity index (χ2n) is 6.43. The van der Waals surface area contributed by atoms with Crippen LogP contribution in [0.3, 0.4) is 0 Å². The third kappa shape index (κ3) is 3.24. The Morgan fingerprint density at radius 2 is 1.74 bits per heavy atom. The minimum Gasteiger partial charge on any atom is -0.486 e. The van der Waals surface area contributed by atoms with E-state index in [9.17, 15) is 18.5 Å². The first-order chi connectivity index (χ1) is 13.0. The lowest BCUT2D eigenvalue weighted by molar-refractivity contribution is -0.384. The van der Waals surface area contributed by atoms with E-state index in [4.69, 9.17) is 9.47 Å². The summed E-state index contributed by atoms with van der Waals surface area (Å²) in [5.74, 6) is 1.28. The van der Waals surface area contributed by atoms with Gasteiger partial charge in [0.05, 0.1) is 15.9 Å². The van der Waals surface area contributed by atoms with E-state index >= 15 is 0 Å². The molecule has 0 N–H and O–H groups in total. The zero-order valence-corrected chi connectivity index (χ0v) is 15.2. The predicted octanol–water partition coefficient (Wildman–Crippen LogP) is 2.89. The van der Waals surface area contributed by atoms with Crippen molar-refractivity contribution in [3.63, 3.8) is 0 Å². The Morgan fingerprint density at radius 1 is 1.04 bits per heavy atom. The molecule has 1 unspecified atom stereocenters. The van der Waals surface area contributed by atoms with Gasteiger partial charge in [-0.3, -0.25) is 10.1 Å². The molecule has 2 aromatic carbocycles. The zero-order chi connectivity index (χ0) is 19.0. The Hall–Kier alpha value is -2.65. The zero-order valence-electron chi connectivity index (χ0n) is 14.4. The van der Waals surface area contributed by atoms with Crippen LogP contribution in [0.25, 0.3) is 0 Å². The standard InChI is InChI=1S/C18H18N2O6S/c21-20(22)14-4-6-15(7-5-14)27(23,24)19-9-1-2-16(19)13-3-8-17-18(12-13)26-11-10-25-17/h3-8,12,16H,1-2,9-11H2. The van der Waals surface area contributed by atoms with E-state index in [1.54, 1.807) is 6.07 Å². The van der Waals surface area contributed by atoms with Crippen molar-refractivity contribution in [3.8, 4) is 11.5 Å². The second kappa shape index (κ2) is 6.82. The number of nitrogens with zero attached hydrogens (tertiary/aromatic N) is 2. The van der Waals surface area contributed by atoms with Gasteiger partial charge in [-0.15, -0.1) is 0 Å². The maximum absolute atomic E-state index is 13.1. The number of ether oxygens (including phenoxy) is 2. The molecule has 0 saturated carbocycles. The van der Waals surface area contributed by atoms with E-state index in [0.717, 1.165) is 12.0 Å². The van der Waals surface area contributed by atoms with Crippen LogP contribution in [0.2, 0.25) is 0 Å². The lowest BCUT2D eigenvalue weighted by Crippen LogP contribution is -2.30. The largest absolute Gasteiger partial charge is 0.486 e. The number of benzene rings is 2. The van der Waals surface area contributed by atoms with Crippen LogP contribution < -0.4 is 9.47 Å². The average molecular weight is 390 g/mol. The highest BCUT2D eigenvalue weighted by Gasteiger charge is 2.36. The normalized spacial score (nSPS) is 19.8. The van der Waals surface area contributed by atoms with E-state index in [1.807, 2.05) is 12.1 Å². The first-order valence-electron chi connectivity index (χ1n) is 8.63. The maximum atomic E-state index is 13.1. The van der Waals surface area contributed by atoms with Crippen LogP contribution in [-0.2, 0) is 10.0 Å². The highest BCUT2D eigenvalue weighted by atomic mass is 32.2. The van der Waals surface area contributed by atoms with Crippen molar-refractivity contribution in [2.75, 3.05) is 19.8 Å². The molecule has 4 rings (SSSR count). The molecule has 2 aliphatic heterocycles. The number of rotatable bonds is 4. The highest BCUT2D eigenvalue weighted by Crippen LogP contribution is 2.40. The van der Waals surface area contributed by atoms with Gasteiger partial charge in [0.25, 0.3) is 5.69 Å². The van der Waals surface area contributed by atoms with Gasteiger partial charge in [-0.25, -0.2) is 8.42 Å². The highest BCUT2D eigenvalue weighted by molar-refractivity contribution is 7.89. The fraction of sp³-hybridized carbons (Fsp3) is 0.333. The Balaban J connectivity index is 1.65. The maximum Gasteiger partial charge on any atom is 0.269 e. The van der Waals surface area contributed by atoms with Gasteiger partial charge in [-0.05, 0) is 42.7 Å². The van der Waals surface area contributed by atoms with Crippen LogP contribution >= 0.6 is 0 Å². The number of nitro groups is 1. The molecule has 2 aliphatic rings. The fourth-order valence-electron chi connectivity index (χ4n) is 3.50. The molecule has 142 valence electrons. The van der Waals surface area contributed by atoms with Gasteiger partial charge in [0.1, 0.15) is 13.2 Å². The fourth-order valence-corrected chi connectivity index (χ4v) is 5.19. The molecule has 0 aliphatic carbocycles. The van der Waals surface area contributed by atoms with Gasteiger partial charge < -0.3 is 9.47 Å². The van der Waals surface area contributed by atoms with Crippen molar-refractivity contribution in [2.45, 2.75) is 23.8 Å². The quantitative estimate of drug-likeness (QED) is 0.588. The second-order valence-corrected chi connectivity index (χ2v) is 8.32. The van der Waals surface area contributed by atoms with Crippen molar-refractivity contribution < 1.29 is 22.8 Å². The van der Waals surface area contributed by atoms with Crippen molar-refractivity contribution in [1.82, 2.24) is 4.31 Å². The number of fused-ring (bicyclic) bond motifs is 1. The monoisotopic (exact) mass is 390 g/mol. The summed E-state index contributed by atoms with van der Waals surface area (Å²) in [6.07, 6.45) is 1.44. The van der Waals surface area contributed by atoms with Crippen molar-refractivity contribution in [1.29, 1.82) is 0 Å². The number of hydrogen-bond acceptors (Lipinski definition) is 6. The van der Waals surface area contributed by atoms with Crippen molar-refractivity contribution >= 4 is 15.7 Å². The molecule has 0 aromatic heterocycles. The molecular weight excluding hydrogens is 372 g/mol. The van der Waals surface area contributed by atoms with Gasteiger partial charge in [0.15, 0.2) is 11.5 Å². The summed E-state index contributed by atoms with van der Waals surface area (Å²) in [5, 5.41) is 10.8. The van der Waals surface area contributed by atoms with Crippen LogP contribution in [-0.4, -0.2) is 37.4 Å². The first-order valence-corrected chi connectivity index (χ1v) is 10.1. The lowest BCUT2D eigenvalue weighted by Gasteiger charge is -2.26. The van der Waals surface area contributed by atoms with Crippen molar-refractivity contribution in [2.24, 2.45) is 0 Å². The molecule has 0 bridgehead atoms. The van der Waals surface area contributed by atoms with E-state index in [0.29, 0.717) is 37.7 Å². The smallest absolute Gasteiger partial charge is 0.269 e. The third-order valence-corrected chi connectivity index (χ3v) is 6.73. The van der Waals surface area contributed by atoms with Gasteiger partial charge in [0, 0.05) is 18.7 Å². The number of nitro benzene ring substituents is 1. The van der Waals surface area contributed by atoms with Crippen LogP contribution in [0.1, 0.15) is 24.4 Å². The van der Waals surface area contributed by atoms with Crippen LogP contribution in [0.5, 0.6) is 11.5 Å². The number of non-ortho nitro benzene ring substituents is 1. The van der Waals surface area contributed by atoms with Crippen molar-refractivity contribution in [3.05, 3.63) is 58.1 Å². The van der Waals surface area contributed by atoms with E-state index in [2.05, 4.69) is 0 Å². The lowest BCUT2D eigenvalue weighted by atomic mass is 10.0. The molecule has 0 radical (unpaired) electrons. The minimum absolute atomic E-state index is 0.0533. The first kappa shape index (κ1) is 17.7. The summed E-state index contributed by atoms with van der Waals surface area (Å²) < 4.78 is 38.8. The molecule has 2 aromatic rings. The topological polar surface area (TPSA) is 99.0 Å². The molecule has 9 heteroatoms. The minimum atomic E-state index is -3.76. The Bertz CT molecular complexity index is 974. The summed E-state index contributed by atoms with van der Waals surface area (Å²) in [5.41, 5.74) is 0.709. The third-order valence-electron chi connectivity index (χ3n) is 4.81. The van der Waals surface area contributed by atoms with Gasteiger partial charge in [-0.2, -0.15) is 4.31 Å². The van der Waals surface area contributed by atoms with E-state index in [1.165, 1.54) is 28.6 Å². The Morgan fingerprint density at radius 3 is 2.44 bits per heavy atom. The molecule has 8 nitrogen and oxygen atoms in total. The molecule has 1 atom stereocenters. The Kier molecular flexibility index (Phi) is 4.48. The predicted molar refractivity (Wildman–Crippen MR) is 96.4 cm³/mol. The summed E-state index contributed by atoms with van der Waals surface area (Å²) in [7, 11) is -3.76. The SMILES string of the molecule is O=[N+]([O-])c1ccc(S(=O)(=O)N2CCCC2c2ccc3c(c2)OCCO3)cc1. The van der Waals surface area contributed by atoms with E-state index in [-0.39, 0.29) is 16.6 Å². The Labute approximate surface area is 156 Å². The van der Waals surface area contributed by atoms with Gasteiger partial charge in [-0.1, -0.05) is 6.07 Å². The summed E-state index contributed by atoms with van der Waals surface area (Å²) in [4.78, 5) is 10.3. The molecule has 1 fully saturated rings. The van der Waals surface area contributed by atoms with E-state index < -0.39 is 14.9 Å². The molecular formula is C18H18N2O6S. The van der Waals surface area contributed by atoms with Crippen LogP contribution in [0.15, 0.2) is 47.4 Å². The van der Waals surface area contributed by atoms with Crippen LogP contribution in [0, 0.1) is 10.1 Å². The molecule has 0 spiro atoms.